The molecule has 96 valence electrons. The summed E-state index contributed by atoms with van der Waals surface area (Å²) in [5.41, 5.74) is 5.57. The topological polar surface area (TPSA) is 87.6 Å². The first-order valence-electron chi connectivity index (χ1n) is 5.67. The van der Waals surface area contributed by atoms with Crippen LogP contribution in [0, 0.1) is 5.92 Å². The van der Waals surface area contributed by atoms with Gasteiger partial charge in [-0.05, 0) is 6.92 Å². The van der Waals surface area contributed by atoms with Crippen LogP contribution in [0.1, 0.15) is 26.6 Å². The van der Waals surface area contributed by atoms with Gasteiger partial charge in [0.15, 0.2) is 0 Å². The van der Waals surface area contributed by atoms with Gasteiger partial charge in [-0.2, -0.15) is 4.37 Å². The molecular formula is C10H19N5OS. The third-order valence-corrected chi connectivity index (χ3v) is 3.36. The maximum atomic E-state index is 8.62. The molecule has 0 spiro atoms. The molecule has 3 N–H and O–H groups in total. The first-order chi connectivity index (χ1) is 8.12. The van der Waals surface area contributed by atoms with E-state index in [0.29, 0.717) is 6.54 Å². The number of nitrogens with two attached hydrogens (primary N) is 1. The van der Waals surface area contributed by atoms with Gasteiger partial charge >= 0.3 is 0 Å². The zero-order valence-electron chi connectivity index (χ0n) is 10.4. The number of aryl methyl sites for hydroxylation is 1. The molecule has 1 rings (SSSR count). The number of nitrogens with zero attached hydrogens (tertiary/aromatic N) is 4. The van der Waals surface area contributed by atoms with Gasteiger partial charge in [0, 0.05) is 37.0 Å². The number of aromatic nitrogens is 2. The summed E-state index contributed by atoms with van der Waals surface area (Å²) in [6, 6.07) is 0. The lowest BCUT2D eigenvalue weighted by Gasteiger charge is -2.22. The summed E-state index contributed by atoms with van der Waals surface area (Å²) < 4.78 is 4.25. The van der Waals surface area contributed by atoms with E-state index < -0.39 is 0 Å². The maximum Gasteiger partial charge on any atom is 0.205 e. The Morgan fingerprint density at radius 1 is 1.59 bits per heavy atom. The van der Waals surface area contributed by atoms with Gasteiger partial charge in [0.1, 0.15) is 11.7 Å². The van der Waals surface area contributed by atoms with Crippen LogP contribution in [0.5, 0.6) is 0 Å². The van der Waals surface area contributed by atoms with Crippen LogP contribution >= 0.6 is 11.5 Å². The van der Waals surface area contributed by atoms with Gasteiger partial charge in [0.05, 0.1) is 0 Å². The lowest BCUT2D eigenvalue weighted by molar-refractivity contribution is 0.314. The maximum absolute atomic E-state index is 8.62. The van der Waals surface area contributed by atoms with Gasteiger partial charge < -0.3 is 15.8 Å². The zero-order chi connectivity index (χ0) is 12.8. The highest BCUT2D eigenvalue weighted by Crippen LogP contribution is 2.18. The van der Waals surface area contributed by atoms with Crippen molar-refractivity contribution in [2.75, 3.05) is 18.0 Å². The van der Waals surface area contributed by atoms with E-state index in [-0.39, 0.29) is 11.8 Å². The highest BCUT2D eigenvalue weighted by molar-refractivity contribution is 7.09. The smallest absolute Gasteiger partial charge is 0.205 e. The van der Waals surface area contributed by atoms with Crippen molar-refractivity contribution in [3.8, 4) is 0 Å². The predicted octanol–water partition coefficient (Wildman–Crippen LogP) is 1.31. The highest BCUT2D eigenvalue weighted by Gasteiger charge is 2.16. The molecule has 1 atom stereocenters. The normalized spacial score (nSPS) is 13.7. The van der Waals surface area contributed by atoms with Crippen LogP contribution in [0.2, 0.25) is 0 Å². The second-order valence-electron chi connectivity index (χ2n) is 3.81. The van der Waals surface area contributed by atoms with Crippen LogP contribution in [0.3, 0.4) is 0 Å². The molecular weight excluding hydrogens is 238 g/mol. The Kier molecular flexibility index (Phi) is 5.14. The van der Waals surface area contributed by atoms with Crippen LogP contribution in [0.25, 0.3) is 0 Å². The first kappa shape index (κ1) is 13.7. The van der Waals surface area contributed by atoms with Crippen LogP contribution < -0.4 is 10.6 Å². The van der Waals surface area contributed by atoms with Crippen molar-refractivity contribution in [2.24, 2.45) is 16.8 Å². The van der Waals surface area contributed by atoms with Crippen LogP contribution in [0.4, 0.5) is 5.13 Å². The molecule has 0 aliphatic heterocycles. The minimum atomic E-state index is -0.0195. The van der Waals surface area contributed by atoms with Gasteiger partial charge in [-0.25, -0.2) is 4.98 Å². The van der Waals surface area contributed by atoms with E-state index in [4.69, 9.17) is 10.9 Å². The Labute approximate surface area is 105 Å². The third kappa shape index (κ3) is 3.55. The molecule has 0 saturated carbocycles. The molecule has 0 aliphatic rings. The summed E-state index contributed by atoms with van der Waals surface area (Å²) >= 11 is 1.39. The third-order valence-electron chi connectivity index (χ3n) is 2.54. The average molecular weight is 257 g/mol. The Balaban J connectivity index is 2.71. The Bertz CT molecular complexity index is 379. The molecule has 0 amide bonds. The minimum absolute atomic E-state index is 0.0195. The molecule has 0 saturated heterocycles. The lowest BCUT2D eigenvalue weighted by atomic mass is 10.1. The quantitative estimate of drug-likeness (QED) is 0.347. The Morgan fingerprint density at radius 2 is 2.29 bits per heavy atom. The minimum Gasteiger partial charge on any atom is -0.409 e. The lowest BCUT2D eigenvalue weighted by Crippen LogP contribution is -2.34. The number of rotatable bonds is 6. The summed E-state index contributed by atoms with van der Waals surface area (Å²) in [5.74, 6) is 1.08. The summed E-state index contributed by atoms with van der Waals surface area (Å²) in [6.45, 7) is 7.48. The van der Waals surface area contributed by atoms with Crippen molar-refractivity contribution in [2.45, 2.75) is 27.2 Å². The molecule has 1 unspecified atom stereocenters. The van der Waals surface area contributed by atoms with Gasteiger partial charge in [-0.3, -0.25) is 0 Å². The molecule has 0 bridgehead atoms. The van der Waals surface area contributed by atoms with Gasteiger partial charge in [0.2, 0.25) is 5.13 Å². The number of anilines is 1. The fraction of sp³-hybridized carbons (Fsp3) is 0.700. The molecule has 0 aliphatic carbocycles. The molecule has 7 heteroatoms. The molecule has 0 aromatic carbocycles. The fourth-order valence-corrected chi connectivity index (χ4v) is 2.20. The fourth-order valence-electron chi connectivity index (χ4n) is 1.38. The van der Waals surface area contributed by atoms with Crippen molar-refractivity contribution < 1.29 is 5.21 Å². The van der Waals surface area contributed by atoms with Gasteiger partial charge in [-0.15, -0.1) is 0 Å². The largest absolute Gasteiger partial charge is 0.409 e. The number of hydrogen-bond acceptors (Lipinski definition) is 6. The SMILES string of the molecule is CCc1nsc(N(CC)CC(C)C(N)=NO)n1. The number of oxime groups is 1. The van der Waals surface area contributed by atoms with Crippen molar-refractivity contribution in [1.82, 2.24) is 9.36 Å². The summed E-state index contributed by atoms with van der Waals surface area (Å²) in [7, 11) is 0. The van der Waals surface area contributed by atoms with Crippen molar-refractivity contribution in [1.29, 1.82) is 0 Å². The standard InChI is InChI=1S/C10H19N5OS/c1-4-8-12-10(17-14-8)15(5-2)6-7(3)9(11)13-16/h7,16H,4-6H2,1-3H3,(H2,11,13). The summed E-state index contributed by atoms with van der Waals surface area (Å²) in [6.07, 6.45) is 0.837. The van der Waals surface area contributed by atoms with Crippen LogP contribution in [-0.2, 0) is 6.42 Å². The molecule has 1 aromatic heterocycles. The number of amidine groups is 1. The van der Waals surface area contributed by atoms with Crippen molar-refractivity contribution in [3.63, 3.8) is 0 Å². The van der Waals surface area contributed by atoms with Crippen molar-refractivity contribution in [3.05, 3.63) is 5.82 Å². The van der Waals surface area contributed by atoms with E-state index in [2.05, 4.69) is 19.4 Å². The van der Waals surface area contributed by atoms with E-state index in [1.165, 1.54) is 11.5 Å². The van der Waals surface area contributed by atoms with Gasteiger partial charge in [-0.1, -0.05) is 19.0 Å². The van der Waals surface area contributed by atoms with E-state index in [0.717, 1.165) is 23.9 Å². The first-order valence-corrected chi connectivity index (χ1v) is 6.44. The molecule has 1 aromatic rings. The monoisotopic (exact) mass is 257 g/mol. The molecule has 1 heterocycles. The molecule has 0 radical (unpaired) electrons. The molecule has 6 nitrogen and oxygen atoms in total. The van der Waals surface area contributed by atoms with Crippen LogP contribution in [0.15, 0.2) is 5.16 Å². The van der Waals surface area contributed by atoms with E-state index >= 15 is 0 Å². The molecule has 17 heavy (non-hydrogen) atoms. The summed E-state index contributed by atoms with van der Waals surface area (Å²) in [5, 5.41) is 12.5. The Hall–Kier alpha value is -1.37. The van der Waals surface area contributed by atoms with E-state index in [1.54, 1.807) is 0 Å². The highest BCUT2D eigenvalue weighted by atomic mass is 32.1. The van der Waals surface area contributed by atoms with Crippen LogP contribution in [-0.4, -0.2) is 33.5 Å². The van der Waals surface area contributed by atoms with Crippen molar-refractivity contribution >= 4 is 22.5 Å². The zero-order valence-corrected chi connectivity index (χ0v) is 11.2. The van der Waals surface area contributed by atoms with Gasteiger partial charge in [0.25, 0.3) is 0 Å². The second-order valence-corrected chi connectivity index (χ2v) is 4.54. The summed E-state index contributed by atoms with van der Waals surface area (Å²) in [4.78, 5) is 6.51. The number of hydrogen-bond donors (Lipinski definition) is 2. The Morgan fingerprint density at radius 3 is 2.76 bits per heavy atom. The average Bonchev–Trinajstić information content (AvgIpc) is 2.83. The van der Waals surface area contributed by atoms with E-state index in [9.17, 15) is 0 Å². The molecule has 0 fully saturated rings. The second kappa shape index (κ2) is 6.39. The predicted molar refractivity (Wildman–Crippen MR) is 69.7 cm³/mol. The van der Waals surface area contributed by atoms with E-state index in [1.807, 2.05) is 20.8 Å².